The van der Waals surface area contributed by atoms with Crippen molar-refractivity contribution in [1.82, 2.24) is 19.9 Å². The van der Waals surface area contributed by atoms with Crippen LogP contribution in [0.25, 0.3) is 11.0 Å². The second-order valence-corrected chi connectivity index (χ2v) is 6.97. The number of pyridine rings is 1. The van der Waals surface area contributed by atoms with Gasteiger partial charge in [-0.3, -0.25) is 9.78 Å². The zero-order valence-corrected chi connectivity index (χ0v) is 16.3. The molecule has 3 heterocycles. The van der Waals surface area contributed by atoms with Crippen LogP contribution >= 0.6 is 0 Å². The fraction of sp³-hybridized carbons (Fsp3) is 0.381. The third kappa shape index (κ3) is 3.71. The number of morpholine rings is 1. The van der Waals surface area contributed by atoms with Gasteiger partial charge in [0.15, 0.2) is 0 Å². The molecule has 7 nitrogen and oxygen atoms in total. The fourth-order valence-electron chi connectivity index (χ4n) is 3.42. The lowest BCUT2D eigenvalue weighted by Crippen LogP contribution is -2.37. The average Bonchev–Trinajstić information content (AvgIpc) is 3.09. The maximum Gasteiger partial charge on any atom is 0.251 e. The first-order valence-corrected chi connectivity index (χ1v) is 9.67. The Morgan fingerprint density at radius 2 is 2.04 bits per heavy atom. The Morgan fingerprint density at radius 1 is 1.21 bits per heavy atom. The van der Waals surface area contributed by atoms with Crippen LogP contribution in [-0.2, 0) is 24.8 Å². The van der Waals surface area contributed by atoms with Gasteiger partial charge in [-0.15, -0.1) is 0 Å². The van der Waals surface area contributed by atoms with E-state index in [1.165, 1.54) is 5.56 Å². The molecular weight excluding hydrogens is 354 g/mol. The van der Waals surface area contributed by atoms with Crippen molar-refractivity contribution in [2.24, 2.45) is 7.05 Å². The molecule has 28 heavy (non-hydrogen) atoms. The highest BCUT2D eigenvalue weighted by atomic mass is 16.5. The van der Waals surface area contributed by atoms with Gasteiger partial charge in [0.1, 0.15) is 0 Å². The van der Waals surface area contributed by atoms with Crippen LogP contribution in [0.3, 0.4) is 0 Å². The summed E-state index contributed by atoms with van der Waals surface area (Å²) in [6.45, 7) is 5.58. The standard InChI is InChI=1S/C21H25N5O2/c1-3-15-4-6-17(22-13-15)14-23-20(27)16-5-7-19-18(12-16)24-21(25(19)2)26-8-10-28-11-9-26/h4-7,12-13H,3,8-11,14H2,1-2H3,(H,23,27). The van der Waals surface area contributed by atoms with Crippen LogP contribution in [0.2, 0.25) is 0 Å². The maximum absolute atomic E-state index is 12.6. The summed E-state index contributed by atoms with van der Waals surface area (Å²) in [4.78, 5) is 23.9. The summed E-state index contributed by atoms with van der Waals surface area (Å²) in [5.41, 5.74) is 4.46. The van der Waals surface area contributed by atoms with Gasteiger partial charge in [-0.05, 0) is 36.2 Å². The van der Waals surface area contributed by atoms with E-state index in [2.05, 4.69) is 26.7 Å². The number of fused-ring (bicyclic) bond motifs is 1. The highest BCUT2D eigenvalue weighted by Crippen LogP contribution is 2.23. The summed E-state index contributed by atoms with van der Waals surface area (Å²) < 4.78 is 7.50. The monoisotopic (exact) mass is 379 g/mol. The average molecular weight is 379 g/mol. The van der Waals surface area contributed by atoms with Crippen LogP contribution in [0.5, 0.6) is 0 Å². The molecule has 7 heteroatoms. The van der Waals surface area contributed by atoms with E-state index in [4.69, 9.17) is 9.72 Å². The molecule has 0 atom stereocenters. The van der Waals surface area contributed by atoms with Crippen LogP contribution in [0.15, 0.2) is 36.5 Å². The molecule has 4 rings (SSSR count). The number of hydrogen-bond acceptors (Lipinski definition) is 5. The zero-order chi connectivity index (χ0) is 19.5. The molecule has 1 saturated heterocycles. The Labute approximate surface area is 164 Å². The topological polar surface area (TPSA) is 72.3 Å². The highest BCUT2D eigenvalue weighted by Gasteiger charge is 2.18. The number of anilines is 1. The predicted molar refractivity (Wildman–Crippen MR) is 109 cm³/mol. The smallest absolute Gasteiger partial charge is 0.251 e. The van der Waals surface area contributed by atoms with Gasteiger partial charge < -0.3 is 19.5 Å². The molecule has 1 aliphatic heterocycles. The van der Waals surface area contributed by atoms with Gasteiger partial charge in [-0.25, -0.2) is 4.98 Å². The number of carbonyl (C=O) groups is 1. The van der Waals surface area contributed by atoms with E-state index >= 15 is 0 Å². The van der Waals surface area contributed by atoms with Crippen molar-refractivity contribution in [3.05, 3.63) is 53.3 Å². The summed E-state index contributed by atoms with van der Waals surface area (Å²) >= 11 is 0. The normalized spacial score (nSPS) is 14.4. The number of ether oxygens (including phenoxy) is 1. The molecule has 0 saturated carbocycles. The number of carbonyl (C=O) groups excluding carboxylic acids is 1. The number of imidazole rings is 1. The molecule has 0 spiro atoms. The van der Waals surface area contributed by atoms with Gasteiger partial charge in [0.25, 0.3) is 5.91 Å². The lowest BCUT2D eigenvalue weighted by molar-refractivity contribution is 0.0950. The summed E-state index contributed by atoms with van der Waals surface area (Å²) in [6, 6.07) is 9.64. The largest absolute Gasteiger partial charge is 0.378 e. The van der Waals surface area contributed by atoms with E-state index in [9.17, 15) is 4.79 Å². The number of rotatable bonds is 5. The molecule has 2 aromatic heterocycles. The van der Waals surface area contributed by atoms with Crippen LogP contribution in [0, 0.1) is 0 Å². The minimum atomic E-state index is -0.123. The van der Waals surface area contributed by atoms with Crippen molar-refractivity contribution in [3.63, 3.8) is 0 Å². The van der Waals surface area contributed by atoms with Crippen LogP contribution < -0.4 is 10.2 Å². The van der Waals surface area contributed by atoms with Gasteiger partial charge in [0.05, 0.1) is 36.5 Å². The van der Waals surface area contributed by atoms with Crippen LogP contribution in [-0.4, -0.2) is 46.7 Å². The summed E-state index contributed by atoms with van der Waals surface area (Å²) in [5, 5.41) is 2.94. The van der Waals surface area contributed by atoms with Crippen LogP contribution in [0.1, 0.15) is 28.5 Å². The number of aryl methyl sites for hydroxylation is 2. The Bertz CT molecular complexity index is 974. The highest BCUT2D eigenvalue weighted by molar-refractivity contribution is 5.97. The van der Waals surface area contributed by atoms with Gasteiger partial charge >= 0.3 is 0 Å². The molecule has 0 radical (unpaired) electrons. The minimum absolute atomic E-state index is 0.123. The Kier molecular flexibility index (Phi) is 5.25. The van der Waals surface area contributed by atoms with Crippen LogP contribution in [0.4, 0.5) is 5.95 Å². The Hall–Kier alpha value is -2.93. The van der Waals surface area contributed by atoms with E-state index < -0.39 is 0 Å². The molecule has 1 amide bonds. The second kappa shape index (κ2) is 7.98. The van der Waals surface area contributed by atoms with Gasteiger partial charge in [0, 0.05) is 31.9 Å². The molecule has 3 aromatic rings. The molecule has 0 aliphatic carbocycles. The lowest BCUT2D eigenvalue weighted by Gasteiger charge is -2.27. The molecular formula is C21H25N5O2. The minimum Gasteiger partial charge on any atom is -0.378 e. The second-order valence-electron chi connectivity index (χ2n) is 6.97. The maximum atomic E-state index is 12.6. The van der Waals surface area contributed by atoms with E-state index in [0.29, 0.717) is 25.3 Å². The number of amides is 1. The van der Waals surface area contributed by atoms with Crippen molar-refractivity contribution < 1.29 is 9.53 Å². The first-order chi connectivity index (χ1) is 13.7. The first kappa shape index (κ1) is 18.4. The third-order valence-electron chi connectivity index (χ3n) is 5.14. The quantitative estimate of drug-likeness (QED) is 0.736. The fourth-order valence-corrected chi connectivity index (χ4v) is 3.42. The Balaban J connectivity index is 1.49. The lowest BCUT2D eigenvalue weighted by atomic mass is 10.2. The number of nitrogens with one attached hydrogen (secondary N) is 1. The summed E-state index contributed by atoms with van der Waals surface area (Å²) in [6.07, 6.45) is 2.81. The zero-order valence-electron chi connectivity index (χ0n) is 16.3. The molecule has 1 N–H and O–H groups in total. The molecule has 1 aromatic carbocycles. The number of nitrogens with zero attached hydrogens (tertiary/aromatic N) is 4. The SMILES string of the molecule is CCc1ccc(CNC(=O)c2ccc3c(c2)nc(N2CCOCC2)n3C)nc1. The molecule has 1 fully saturated rings. The van der Waals surface area contributed by atoms with Gasteiger partial charge in [0.2, 0.25) is 5.95 Å². The number of hydrogen-bond donors (Lipinski definition) is 1. The van der Waals surface area contributed by atoms with Gasteiger partial charge in [-0.2, -0.15) is 0 Å². The van der Waals surface area contributed by atoms with E-state index in [1.807, 2.05) is 43.6 Å². The van der Waals surface area contributed by atoms with Gasteiger partial charge in [-0.1, -0.05) is 13.0 Å². The summed E-state index contributed by atoms with van der Waals surface area (Å²) in [7, 11) is 2.01. The molecule has 0 bridgehead atoms. The van der Waals surface area contributed by atoms with Crippen molar-refractivity contribution in [2.45, 2.75) is 19.9 Å². The summed E-state index contributed by atoms with van der Waals surface area (Å²) in [5.74, 6) is 0.790. The van der Waals surface area contributed by atoms with Crippen molar-refractivity contribution in [2.75, 3.05) is 31.2 Å². The number of aromatic nitrogens is 3. The molecule has 1 aliphatic rings. The van der Waals surface area contributed by atoms with Crippen molar-refractivity contribution >= 4 is 22.9 Å². The Morgan fingerprint density at radius 3 is 2.75 bits per heavy atom. The van der Waals surface area contributed by atoms with Crippen molar-refractivity contribution in [3.8, 4) is 0 Å². The molecule has 0 unspecified atom stereocenters. The van der Waals surface area contributed by atoms with E-state index in [1.54, 1.807) is 0 Å². The predicted octanol–water partition coefficient (Wildman–Crippen LogP) is 2.30. The number of benzene rings is 1. The first-order valence-electron chi connectivity index (χ1n) is 9.67. The van der Waals surface area contributed by atoms with E-state index in [-0.39, 0.29) is 5.91 Å². The third-order valence-corrected chi connectivity index (χ3v) is 5.14. The van der Waals surface area contributed by atoms with E-state index in [0.717, 1.165) is 42.2 Å². The molecule has 146 valence electrons. The van der Waals surface area contributed by atoms with Crippen molar-refractivity contribution in [1.29, 1.82) is 0 Å².